The van der Waals surface area contributed by atoms with E-state index in [9.17, 15) is 19.0 Å². The van der Waals surface area contributed by atoms with Crippen LogP contribution in [-0.2, 0) is 32.7 Å². The number of hydrogen-bond donors (Lipinski definition) is 2. The van der Waals surface area contributed by atoms with Crippen molar-refractivity contribution in [2.45, 2.75) is 200 Å². The van der Waals surface area contributed by atoms with Gasteiger partial charge in [0.25, 0.3) is 0 Å². The van der Waals surface area contributed by atoms with Crippen LogP contribution in [0.25, 0.3) is 0 Å². The lowest BCUT2D eigenvalue weighted by atomic mass is 10.1. The van der Waals surface area contributed by atoms with Crippen LogP contribution in [0, 0.1) is 23.7 Å². The van der Waals surface area contributed by atoms with Gasteiger partial charge in [0.05, 0.1) is 13.2 Å². The van der Waals surface area contributed by atoms with Crippen molar-refractivity contribution >= 4 is 19.8 Å². The van der Waals surface area contributed by atoms with Gasteiger partial charge in [0.1, 0.15) is 6.61 Å². The Balaban J connectivity index is 4.23. The maximum Gasteiger partial charge on any atom is 0.472 e. The Morgan fingerprint density at radius 1 is 0.569 bits per heavy atom. The van der Waals surface area contributed by atoms with Crippen molar-refractivity contribution in [3.8, 4) is 23.7 Å². The number of carbonyl (C=O) groups is 2. The summed E-state index contributed by atoms with van der Waals surface area (Å²) in [6.45, 7) is 3.64. The molecule has 0 heterocycles. The fraction of sp³-hybridized carbons (Fsp3) is 0.854. The van der Waals surface area contributed by atoms with Crippen LogP contribution >= 0.6 is 7.82 Å². The Kier molecular flexibility index (Phi) is 36.5. The number of rotatable bonds is 35. The molecule has 0 aliphatic heterocycles. The summed E-state index contributed by atoms with van der Waals surface area (Å²) in [6.07, 6.45) is 28.2. The highest BCUT2D eigenvalue weighted by Gasteiger charge is 2.26. The molecule has 0 aromatic carbocycles. The van der Waals surface area contributed by atoms with Gasteiger partial charge in [-0.1, -0.05) is 117 Å². The summed E-state index contributed by atoms with van der Waals surface area (Å²) in [4.78, 5) is 34.8. The summed E-state index contributed by atoms with van der Waals surface area (Å²) >= 11 is 0. The van der Waals surface area contributed by atoms with Gasteiger partial charge in [-0.3, -0.25) is 18.6 Å². The van der Waals surface area contributed by atoms with Crippen molar-refractivity contribution in [2.24, 2.45) is 5.73 Å². The van der Waals surface area contributed by atoms with Gasteiger partial charge in [-0.2, -0.15) is 0 Å². The number of hydrogen-bond acceptors (Lipinski definition) is 8. The summed E-state index contributed by atoms with van der Waals surface area (Å²) in [6, 6.07) is 0. The van der Waals surface area contributed by atoms with E-state index in [1.807, 2.05) is 0 Å². The highest BCUT2D eigenvalue weighted by Crippen LogP contribution is 2.43. The first kappa shape index (κ1) is 49.1. The minimum absolute atomic E-state index is 0.0456. The Hall–Kier alpha value is -1.87. The highest BCUT2D eigenvalue weighted by atomic mass is 31.2. The second-order valence-electron chi connectivity index (χ2n) is 13.5. The van der Waals surface area contributed by atoms with Crippen LogP contribution < -0.4 is 5.73 Å². The monoisotopic (exact) mass is 740 g/mol. The van der Waals surface area contributed by atoms with E-state index in [2.05, 4.69) is 37.5 Å². The predicted molar refractivity (Wildman–Crippen MR) is 208 cm³/mol. The van der Waals surface area contributed by atoms with Crippen LogP contribution in [0.15, 0.2) is 0 Å². The third-order valence-corrected chi connectivity index (χ3v) is 9.43. The van der Waals surface area contributed by atoms with Crippen LogP contribution in [0.5, 0.6) is 0 Å². The minimum atomic E-state index is -4.38. The zero-order valence-electron chi connectivity index (χ0n) is 32.5. The first-order chi connectivity index (χ1) is 24.8. The molecule has 0 aliphatic carbocycles. The predicted octanol–water partition coefficient (Wildman–Crippen LogP) is 10.5. The molecule has 1 unspecified atom stereocenters. The quantitative estimate of drug-likeness (QED) is 0.0282. The summed E-state index contributed by atoms with van der Waals surface area (Å²) in [5.74, 6) is 12.3. The first-order valence-electron chi connectivity index (χ1n) is 20.4. The molecule has 10 heteroatoms. The van der Waals surface area contributed by atoms with E-state index in [4.69, 9.17) is 24.3 Å². The van der Waals surface area contributed by atoms with Crippen molar-refractivity contribution in [1.82, 2.24) is 0 Å². The van der Waals surface area contributed by atoms with Crippen molar-refractivity contribution in [3.63, 3.8) is 0 Å². The molecule has 0 radical (unpaired) electrons. The molecule has 51 heavy (non-hydrogen) atoms. The second kappa shape index (κ2) is 37.9. The fourth-order valence-electron chi connectivity index (χ4n) is 5.37. The molecule has 3 N–H and O–H groups in total. The maximum atomic E-state index is 12.5. The second-order valence-corrected chi connectivity index (χ2v) is 14.9. The lowest BCUT2D eigenvalue weighted by Crippen LogP contribution is -2.29. The third-order valence-electron chi connectivity index (χ3n) is 8.45. The number of phosphoric ester groups is 1. The van der Waals surface area contributed by atoms with Crippen LogP contribution in [0.2, 0.25) is 0 Å². The summed E-state index contributed by atoms with van der Waals surface area (Å²) in [5.41, 5.74) is 5.33. The molecule has 9 nitrogen and oxygen atoms in total. The molecule has 2 atom stereocenters. The number of phosphoric acid groups is 1. The van der Waals surface area contributed by atoms with Gasteiger partial charge in [-0.25, -0.2) is 4.57 Å². The van der Waals surface area contributed by atoms with Crippen LogP contribution in [0.1, 0.15) is 194 Å². The Labute approximate surface area is 312 Å². The molecule has 0 amide bonds. The lowest BCUT2D eigenvalue weighted by molar-refractivity contribution is -0.161. The molecular weight excluding hydrogens is 665 g/mol. The Morgan fingerprint density at radius 2 is 0.961 bits per heavy atom. The van der Waals surface area contributed by atoms with Crippen molar-refractivity contribution < 1.29 is 37.6 Å². The van der Waals surface area contributed by atoms with E-state index >= 15 is 0 Å². The highest BCUT2D eigenvalue weighted by molar-refractivity contribution is 7.47. The normalized spacial score (nSPS) is 12.6. The molecule has 0 rings (SSSR count). The van der Waals surface area contributed by atoms with E-state index in [1.54, 1.807) is 0 Å². The van der Waals surface area contributed by atoms with Gasteiger partial charge >= 0.3 is 19.8 Å². The Bertz CT molecular complexity index is 999. The van der Waals surface area contributed by atoms with E-state index in [-0.39, 0.29) is 32.6 Å². The SMILES string of the molecule is CCCCCCCCC#CCCCCCCCC(=O)OC[C@H](COP(=O)(O)OCCN)OC(=O)CCCCCCCC#CCCCCCCCC. The molecule has 0 spiro atoms. The van der Waals surface area contributed by atoms with Gasteiger partial charge in [-0.15, -0.1) is 23.7 Å². The molecule has 0 saturated carbocycles. The zero-order chi connectivity index (χ0) is 37.5. The average molecular weight is 740 g/mol. The molecule has 0 aliphatic rings. The third kappa shape index (κ3) is 37.7. The number of nitrogens with two attached hydrogens (primary N) is 1. The number of unbranched alkanes of at least 4 members (excludes halogenated alkanes) is 22. The largest absolute Gasteiger partial charge is 0.472 e. The molecule has 0 bridgehead atoms. The van der Waals surface area contributed by atoms with E-state index < -0.39 is 32.5 Å². The van der Waals surface area contributed by atoms with Gasteiger partial charge < -0.3 is 20.1 Å². The minimum Gasteiger partial charge on any atom is -0.462 e. The molecule has 0 aromatic heterocycles. The topological polar surface area (TPSA) is 134 Å². The summed E-state index contributed by atoms with van der Waals surface area (Å²) < 4.78 is 32.7. The summed E-state index contributed by atoms with van der Waals surface area (Å²) in [7, 11) is -4.38. The van der Waals surface area contributed by atoms with Gasteiger partial charge in [0.2, 0.25) is 0 Å². The first-order valence-corrected chi connectivity index (χ1v) is 21.9. The van der Waals surface area contributed by atoms with Crippen molar-refractivity contribution in [1.29, 1.82) is 0 Å². The van der Waals surface area contributed by atoms with Gasteiger partial charge in [0.15, 0.2) is 6.10 Å². The van der Waals surface area contributed by atoms with Crippen LogP contribution in [0.3, 0.4) is 0 Å². The molecule has 0 aromatic rings. The van der Waals surface area contributed by atoms with Crippen molar-refractivity contribution in [3.05, 3.63) is 0 Å². The molecular formula is C41H74NO8P. The molecule has 0 fully saturated rings. The van der Waals surface area contributed by atoms with Crippen molar-refractivity contribution in [2.75, 3.05) is 26.4 Å². The maximum absolute atomic E-state index is 12.5. The van der Waals surface area contributed by atoms with E-state index in [0.29, 0.717) is 12.8 Å². The number of ether oxygens (including phenoxy) is 2. The van der Waals surface area contributed by atoms with Crippen LogP contribution in [-0.4, -0.2) is 49.3 Å². The standard InChI is InChI=1S/C41H74NO8P/c1-3-5-7-9-11-13-15-17-19-21-23-25-27-29-31-33-40(43)47-37-39(38-49-51(45,46)48-36-35-42)50-41(44)34-32-30-28-26-24-22-20-18-16-14-12-10-8-6-4-2/h39H,3-16,21-38,42H2,1-2H3,(H,45,46)/t39-/m1/s1. The molecule has 0 saturated heterocycles. The van der Waals surface area contributed by atoms with Gasteiger partial charge in [0, 0.05) is 45.1 Å². The van der Waals surface area contributed by atoms with E-state index in [1.165, 1.54) is 77.0 Å². The zero-order valence-corrected chi connectivity index (χ0v) is 33.4. The lowest BCUT2D eigenvalue weighted by Gasteiger charge is -2.19. The molecule has 296 valence electrons. The van der Waals surface area contributed by atoms with Gasteiger partial charge in [-0.05, 0) is 38.5 Å². The Morgan fingerprint density at radius 3 is 1.39 bits per heavy atom. The average Bonchev–Trinajstić information content (AvgIpc) is 3.11. The fourth-order valence-corrected chi connectivity index (χ4v) is 6.13. The number of carbonyl (C=O) groups excluding carboxylic acids is 2. The van der Waals surface area contributed by atoms with Crippen LogP contribution in [0.4, 0.5) is 0 Å². The van der Waals surface area contributed by atoms with E-state index in [0.717, 1.165) is 77.0 Å². The number of esters is 2. The smallest absolute Gasteiger partial charge is 0.462 e. The summed E-state index contributed by atoms with van der Waals surface area (Å²) in [5, 5.41) is 0.